The van der Waals surface area contributed by atoms with Gasteiger partial charge < -0.3 is 14.4 Å². The van der Waals surface area contributed by atoms with Crippen LogP contribution in [-0.4, -0.2) is 24.1 Å². The van der Waals surface area contributed by atoms with Gasteiger partial charge in [0.25, 0.3) is 5.91 Å². The number of nitrogens with zero attached hydrogens (tertiary/aromatic N) is 1. The van der Waals surface area contributed by atoms with Gasteiger partial charge in [-0.3, -0.25) is 9.36 Å². The molecule has 27 heavy (non-hydrogen) atoms. The number of amides is 1. The third-order valence-electron chi connectivity index (χ3n) is 3.74. The smallest absolute Gasteiger partial charge is 0.321 e. The van der Waals surface area contributed by atoms with Crippen LogP contribution in [0.3, 0.4) is 0 Å². The van der Waals surface area contributed by atoms with E-state index in [1.807, 2.05) is 19.1 Å². The summed E-state index contributed by atoms with van der Waals surface area (Å²) in [6.45, 7) is 8.22. The Morgan fingerprint density at radius 1 is 1.15 bits per heavy atom. The van der Waals surface area contributed by atoms with Crippen molar-refractivity contribution < 1.29 is 18.4 Å². The lowest BCUT2D eigenvalue weighted by atomic mass is 10.2. The average molecular weight is 410 g/mol. The van der Waals surface area contributed by atoms with Gasteiger partial charge in [0.1, 0.15) is 4.88 Å². The number of carbonyl (C=O) groups excluding carboxylic acids is 1. The third kappa shape index (κ3) is 6.25. The van der Waals surface area contributed by atoms with Gasteiger partial charge >= 0.3 is 7.60 Å². The second-order valence-electron chi connectivity index (χ2n) is 6.01. The highest BCUT2D eigenvalue weighted by Crippen LogP contribution is 2.51. The number of rotatable bonds is 10. The molecule has 6 nitrogen and oxygen atoms in total. The highest BCUT2D eigenvalue weighted by Gasteiger charge is 2.24. The largest absolute Gasteiger partial charge is 0.335 e. The third-order valence-corrected chi connectivity index (χ3v) is 6.80. The zero-order valence-electron chi connectivity index (χ0n) is 16.3. The molecule has 2 rings (SSSR count). The molecular formula is C19H27N2O4PS. The van der Waals surface area contributed by atoms with Crippen LogP contribution in [0.5, 0.6) is 0 Å². The fourth-order valence-electron chi connectivity index (χ4n) is 2.68. The first-order valence-corrected chi connectivity index (χ1v) is 11.7. The van der Waals surface area contributed by atoms with Gasteiger partial charge in [-0.2, -0.15) is 0 Å². The number of hydrogen-bond acceptors (Lipinski definition) is 6. The predicted molar refractivity (Wildman–Crippen MR) is 110 cm³/mol. The van der Waals surface area contributed by atoms with E-state index in [2.05, 4.69) is 17.2 Å². The molecule has 0 bridgehead atoms. The molecule has 0 aliphatic rings. The van der Waals surface area contributed by atoms with Crippen LogP contribution >= 0.6 is 18.9 Å². The maximum Gasteiger partial charge on any atom is 0.335 e. The van der Waals surface area contributed by atoms with Gasteiger partial charge in [0.15, 0.2) is 0 Å². The first-order chi connectivity index (χ1) is 12.9. The van der Waals surface area contributed by atoms with E-state index in [0.717, 1.165) is 29.1 Å². The molecule has 0 aliphatic carbocycles. The molecule has 1 aromatic heterocycles. The Morgan fingerprint density at radius 3 is 2.33 bits per heavy atom. The van der Waals surface area contributed by atoms with Gasteiger partial charge in [0, 0.05) is 5.69 Å². The lowest BCUT2D eigenvalue weighted by Crippen LogP contribution is -2.12. The van der Waals surface area contributed by atoms with Crippen LogP contribution in [-0.2, 0) is 26.2 Å². The summed E-state index contributed by atoms with van der Waals surface area (Å²) in [7, 11) is -3.14. The van der Waals surface area contributed by atoms with Crippen LogP contribution in [0, 0.1) is 6.92 Å². The number of nitrogens with one attached hydrogen (secondary N) is 1. The van der Waals surface area contributed by atoms with Crippen molar-refractivity contribution in [3.05, 3.63) is 45.4 Å². The minimum atomic E-state index is -3.14. The molecule has 0 fully saturated rings. The molecule has 0 atom stereocenters. The lowest BCUT2D eigenvalue weighted by molar-refractivity contribution is 0.102. The highest BCUT2D eigenvalue weighted by molar-refractivity contribution is 7.53. The van der Waals surface area contributed by atoms with Crippen LogP contribution < -0.4 is 5.32 Å². The summed E-state index contributed by atoms with van der Waals surface area (Å²) in [5, 5.41) is 3.80. The lowest BCUT2D eigenvalue weighted by Gasteiger charge is -2.17. The van der Waals surface area contributed by atoms with Crippen LogP contribution in [0.25, 0.3) is 0 Å². The zero-order chi connectivity index (χ0) is 19.9. The molecule has 8 heteroatoms. The average Bonchev–Trinajstić information content (AvgIpc) is 2.98. The second kappa shape index (κ2) is 10.1. The molecule has 2 aromatic rings. The molecule has 148 valence electrons. The maximum absolute atomic E-state index is 12.6. The molecule has 0 unspecified atom stereocenters. The molecule has 0 aliphatic heterocycles. The molecule has 0 saturated heterocycles. The number of thiazole rings is 1. The van der Waals surface area contributed by atoms with Gasteiger partial charge in [-0.15, -0.1) is 11.3 Å². The second-order valence-corrected chi connectivity index (χ2v) is 9.27. The van der Waals surface area contributed by atoms with Crippen LogP contribution in [0.2, 0.25) is 0 Å². The Labute approximate surface area is 164 Å². The number of benzene rings is 1. The van der Waals surface area contributed by atoms with Gasteiger partial charge in [-0.25, -0.2) is 4.98 Å². The predicted octanol–water partition coefficient (Wildman–Crippen LogP) is 5.42. The van der Waals surface area contributed by atoms with E-state index in [1.54, 1.807) is 26.0 Å². The SMILES string of the molecule is CCCc1nc(C)sc1C(=O)Nc1ccc(CP(=O)(OCC)OCC)cc1. The van der Waals surface area contributed by atoms with E-state index < -0.39 is 7.60 Å². The van der Waals surface area contributed by atoms with Crippen molar-refractivity contribution in [2.24, 2.45) is 0 Å². The Hall–Kier alpha value is -1.53. The molecule has 0 radical (unpaired) electrons. The number of carbonyl (C=O) groups is 1. The Balaban J connectivity index is 2.07. The number of aromatic nitrogens is 1. The van der Waals surface area contributed by atoms with Crippen LogP contribution in [0.15, 0.2) is 24.3 Å². The summed E-state index contributed by atoms with van der Waals surface area (Å²) in [5.74, 6) is -0.147. The highest BCUT2D eigenvalue weighted by atomic mass is 32.1. The van der Waals surface area contributed by atoms with Gasteiger partial charge in [-0.1, -0.05) is 25.5 Å². The van der Waals surface area contributed by atoms with Crippen molar-refractivity contribution in [3.63, 3.8) is 0 Å². The van der Waals surface area contributed by atoms with Gasteiger partial charge in [0.05, 0.1) is 30.1 Å². The summed E-state index contributed by atoms with van der Waals surface area (Å²) in [5.41, 5.74) is 2.36. The van der Waals surface area contributed by atoms with Crippen LogP contribution in [0.4, 0.5) is 5.69 Å². The van der Waals surface area contributed by atoms with E-state index in [1.165, 1.54) is 11.3 Å². The molecular weight excluding hydrogens is 383 g/mol. The maximum atomic E-state index is 12.6. The first kappa shape index (κ1) is 21.8. The van der Waals surface area contributed by atoms with Gasteiger partial charge in [0.2, 0.25) is 0 Å². The Kier molecular flexibility index (Phi) is 8.17. The van der Waals surface area contributed by atoms with E-state index in [0.29, 0.717) is 23.8 Å². The summed E-state index contributed by atoms with van der Waals surface area (Å²) in [4.78, 5) is 17.7. The van der Waals surface area contributed by atoms with Crippen molar-refractivity contribution in [1.29, 1.82) is 0 Å². The minimum Gasteiger partial charge on any atom is -0.321 e. The monoisotopic (exact) mass is 410 g/mol. The molecule has 1 aromatic carbocycles. The van der Waals surface area contributed by atoms with Crippen molar-refractivity contribution in [2.45, 2.75) is 46.7 Å². The summed E-state index contributed by atoms with van der Waals surface area (Å²) >= 11 is 1.41. The topological polar surface area (TPSA) is 77.5 Å². The molecule has 0 saturated carbocycles. The zero-order valence-corrected chi connectivity index (χ0v) is 18.0. The number of anilines is 1. The van der Waals surface area contributed by atoms with Crippen LogP contribution in [0.1, 0.15) is 53.1 Å². The molecule has 1 N–H and O–H groups in total. The van der Waals surface area contributed by atoms with E-state index in [4.69, 9.17) is 9.05 Å². The quantitative estimate of drug-likeness (QED) is 0.529. The van der Waals surface area contributed by atoms with Crippen molar-refractivity contribution in [2.75, 3.05) is 18.5 Å². The van der Waals surface area contributed by atoms with E-state index >= 15 is 0 Å². The van der Waals surface area contributed by atoms with E-state index in [9.17, 15) is 9.36 Å². The number of aryl methyl sites for hydroxylation is 2. The fraction of sp³-hybridized carbons (Fsp3) is 0.474. The fourth-order valence-corrected chi connectivity index (χ4v) is 5.24. The molecule has 1 heterocycles. The molecule has 0 spiro atoms. The summed E-state index contributed by atoms with van der Waals surface area (Å²) in [6, 6.07) is 7.24. The summed E-state index contributed by atoms with van der Waals surface area (Å²) in [6.07, 6.45) is 1.94. The number of hydrogen-bond donors (Lipinski definition) is 1. The Bertz CT molecular complexity index is 795. The van der Waals surface area contributed by atoms with Crippen molar-refractivity contribution in [3.8, 4) is 0 Å². The normalized spacial score (nSPS) is 11.6. The molecule has 1 amide bonds. The van der Waals surface area contributed by atoms with E-state index in [-0.39, 0.29) is 12.1 Å². The minimum absolute atomic E-state index is 0.147. The van der Waals surface area contributed by atoms with Crippen molar-refractivity contribution >= 4 is 30.5 Å². The Morgan fingerprint density at radius 2 is 1.78 bits per heavy atom. The first-order valence-electron chi connectivity index (χ1n) is 9.15. The van der Waals surface area contributed by atoms with Crippen molar-refractivity contribution in [1.82, 2.24) is 4.98 Å². The summed E-state index contributed by atoms with van der Waals surface area (Å²) < 4.78 is 23.3. The standard InChI is InChI=1S/C19H27N2O4PS/c1-5-8-17-18(27-14(4)20-17)19(22)21-16-11-9-15(10-12-16)13-26(23,24-6-2)25-7-3/h9-12H,5-8,13H2,1-4H3,(H,21,22). The van der Waals surface area contributed by atoms with Gasteiger partial charge in [-0.05, 0) is 44.9 Å².